The van der Waals surface area contributed by atoms with Gasteiger partial charge in [0.25, 0.3) is 0 Å². The molecule has 0 amide bonds. The minimum absolute atomic E-state index is 0.0773. The smallest absolute Gasteiger partial charge is 0.336 e. The second-order valence-corrected chi connectivity index (χ2v) is 5.52. The Hall–Kier alpha value is -3.60. The number of furan rings is 1. The summed E-state index contributed by atoms with van der Waals surface area (Å²) < 4.78 is 10.3. The highest BCUT2D eigenvalue weighted by Crippen LogP contribution is 2.32. The molecule has 0 saturated carbocycles. The SMILES string of the molecule is O=C(c1ccco1)c1cc2c(-c3ccccc3)cc(=O)oc2cc1O. The highest BCUT2D eigenvalue weighted by molar-refractivity contribution is 6.11. The number of carbonyl (C=O) groups is 1. The number of ketones is 1. The Labute approximate surface area is 141 Å². The van der Waals surface area contributed by atoms with Gasteiger partial charge in [-0.3, -0.25) is 4.79 Å². The lowest BCUT2D eigenvalue weighted by Crippen LogP contribution is -2.03. The summed E-state index contributed by atoms with van der Waals surface area (Å²) >= 11 is 0. The minimum atomic E-state index is -0.532. The van der Waals surface area contributed by atoms with Crippen molar-refractivity contribution in [1.82, 2.24) is 0 Å². The van der Waals surface area contributed by atoms with Crippen LogP contribution in [0.5, 0.6) is 5.75 Å². The molecule has 0 spiro atoms. The normalized spacial score (nSPS) is 10.9. The van der Waals surface area contributed by atoms with E-state index >= 15 is 0 Å². The Bertz CT molecular complexity index is 1120. The minimum Gasteiger partial charge on any atom is -0.507 e. The highest BCUT2D eigenvalue weighted by atomic mass is 16.4. The predicted octanol–water partition coefficient (Wildman–Crippen LogP) is 3.99. The summed E-state index contributed by atoms with van der Waals surface area (Å²) in [6.07, 6.45) is 1.39. The first kappa shape index (κ1) is 15.0. The van der Waals surface area contributed by atoms with Crippen LogP contribution in [0.1, 0.15) is 16.1 Å². The Morgan fingerprint density at radius 2 is 1.76 bits per heavy atom. The van der Waals surface area contributed by atoms with Gasteiger partial charge in [0.1, 0.15) is 11.3 Å². The van der Waals surface area contributed by atoms with Crippen LogP contribution in [-0.4, -0.2) is 10.9 Å². The Balaban J connectivity index is 1.99. The lowest BCUT2D eigenvalue weighted by Gasteiger charge is -2.09. The number of rotatable bonds is 3. The maximum atomic E-state index is 12.5. The molecule has 2 aromatic carbocycles. The van der Waals surface area contributed by atoms with Crippen molar-refractivity contribution in [3.63, 3.8) is 0 Å². The molecule has 2 aromatic heterocycles. The van der Waals surface area contributed by atoms with E-state index in [9.17, 15) is 14.7 Å². The maximum Gasteiger partial charge on any atom is 0.336 e. The molecule has 25 heavy (non-hydrogen) atoms. The summed E-state index contributed by atoms with van der Waals surface area (Å²) in [5, 5.41) is 10.8. The lowest BCUT2D eigenvalue weighted by atomic mass is 9.98. The molecule has 0 aliphatic heterocycles. The number of hydrogen-bond donors (Lipinski definition) is 1. The first-order valence-electron chi connectivity index (χ1n) is 7.58. The van der Waals surface area contributed by atoms with Gasteiger partial charge in [0.2, 0.25) is 5.78 Å². The first-order valence-corrected chi connectivity index (χ1v) is 7.58. The molecule has 0 radical (unpaired) electrons. The van der Waals surface area contributed by atoms with Gasteiger partial charge in [-0.1, -0.05) is 30.3 Å². The van der Waals surface area contributed by atoms with Gasteiger partial charge in [-0.25, -0.2) is 4.79 Å². The molecule has 2 heterocycles. The van der Waals surface area contributed by atoms with Crippen molar-refractivity contribution in [2.75, 3.05) is 0 Å². The second kappa shape index (κ2) is 5.79. The van der Waals surface area contributed by atoms with Gasteiger partial charge in [0, 0.05) is 17.5 Å². The summed E-state index contributed by atoms with van der Waals surface area (Å²) in [4.78, 5) is 24.4. The zero-order valence-electron chi connectivity index (χ0n) is 12.9. The van der Waals surface area contributed by atoms with Gasteiger partial charge in [0.05, 0.1) is 11.8 Å². The van der Waals surface area contributed by atoms with Crippen LogP contribution in [-0.2, 0) is 0 Å². The van der Waals surface area contributed by atoms with E-state index in [2.05, 4.69) is 0 Å². The second-order valence-electron chi connectivity index (χ2n) is 5.52. The molecule has 0 unspecified atom stereocenters. The lowest BCUT2D eigenvalue weighted by molar-refractivity contribution is 0.101. The molecule has 0 fully saturated rings. The number of phenols is 1. The summed E-state index contributed by atoms with van der Waals surface area (Å²) in [5.41, 5.74) is 1.19. The Morgan fingerprint density at radius 3 is 2.48 bits per heavy atom. The van der Waals surface area contributed by atoms with E-state index < -0.39 is 11.4 Å². The van der Waals surface area contributed by atoms with Gasteiger partial charge >= 0.3 is 5.63 Å². The van der Waals surface area contributed by atoms with E-state index in [0.717, 1.165) is 5.56 Å². The molecule has 5 nitrogen and oxygen atoms in total. The van der Waals surface area contributed by atoms with Gasteiger partial charge in [-0.2, -0.15) is 0 Å². The van der Waals surface area contributed by atoms with Crippen molar-refractivity contribution in [3.05, 3.63) is 88.7 Å². The van der Waals surface area contributed by atoms with Crippen LogP contribution >= 0.6 is 0 Å². The molecular weight excluding hydrogens is 320 g/mol. The fourth-order valence-corrected chi connectivity index (χ4v) is 2.78. The van der Waals surface area contributed by atoms with Crippen LogP contribution in [0, 0.1) is 0 Å². The van der Waals surface area contributed by atoms with Crippen LogP contribution < -0.4 is 5.63 Å². The quantitative estimate of drug-likeness (QED) is 0.453. The van der Waals surface area contributed by atoms with Crippen LogP contribution in [0.2, 0.25) is 0 Å². The predicted molar refractivity (Wildman–Crippen MR) is 91.7 cm³/mol. The van der Waals surface area contributed by atoms with E-state index in [1.54, 1.807) is 6.07 Å². The number of phenolic OH excluding ortho intramolecular Hbond substituents is 1. The number of fused-ring (bicyclic) bond motifs is 1. The van der Waals surface area contributed by atoms with E-state index in [0.29, 0.717) is 10.9 Å². The monoisotopic (exact) mass is 332 g/mol. The van der Waals surface area contributed by atoms with Crippen molar-refractivity contribution >= 4 is 16.8 Å². The fraction of sp³-hybridized carbons (Fsp3) is 0. The molecule has 5 heteroatoms. The first-order chi connectivity index (χ1) is 12.1. The third-order valence-corrected chi connectivity index (χ3v) is 3.94. The van der Waals surface area contributed by atoms with Crippen LogP contribution in [0.3, 0.4) is 0 Å². The Morgan fingerprint density at radius 1 is 0.960 bits per heavy atom. The number of aromatic hydroxyl groups is 1. The molecule has 0 bridgehead atoms. The van der Waals surface area contributed by atoms with Gasteiger partial charge in [-0.15, -0.1) is 0 Å². The molecule has 0 saturated heterocycles. The summed E-state index contributed by atoms with van der Waals surface area (Å²) in [5.74, 6) is -0.606. The highest BCUT2D eigenvalue weighted by Gasteiger charge is 2.19. The van der Waals surface area contributed by atoms with Crippen LogP contribution in [0.4, 0.5) is 0 Å². The molecule has 0 aliphatic rings. The van der Waals surface area contributed by atoms with Crippen molar-refractivity contribution < 1.29 is 18.7 Å². The van der Waals surface area contributed by atoms with Crippen LogP contribution in [0.25, 0.3) is 22.1 Å². The third kappa shape index (κ3) is 2.61. The molecule has 0 atom stereocenters. The number of benzene rings is 2. The van der Waals surface area contributed by atoms with Crippen molar-refractivity contribution in [2.45, 2.75) is 0 Å². The topological polar surface area (TPSA) is 80.7 Å². The van der Waals surface area contributed by atoms with Gasteiger partial charge in [0.15, 0.2) is 5.76 Å². The molecule has 0 aliphatic carbocycles. The zero-order valence-corrected chi connectivity index (χ0v) is 12.9. The molecule has 122 valence electrons. The third-order valence-electron chi connectivity index (χ3n) is 3.94. The average Bonchev–Trinajstić information content (AvgIpc) is 3.15. The molecule has 4 rings (SSSR count). The van der Waals surface area contributed by atoms with Gasteiger partial charge in [-0.05, 0) is 29.3 Å². The maximum absolute atomic E-state index is 12.5. The van der Waals surface area contributed by atoms with Crippen molar-refractivity contribution in [1.29, 1.82) is 0 Å². The van der Waals surface area contributed by atoms with E-state index in [1.807, 2.05) is 30.3 Å². The summed E-state index contributed by atoms with van der Waals surface area (Å²) in [6.45, 7) is 0. The molecular formula is C20H12O5. The zero-order chi connectivity index (χ0) is 17.4. The fourth-order valence-electron chi connectivity index (χ4n) is 2.78. The number of hydrogen-bond acceptors (Lipinski definition) is 5. The van der Waals surface area contributed by atoms with E-state index in [1.165, 1.54) is 30.5 Å². The number of carbonyl (C=O) groups excluding carboxylic acids is 1. The van der Waals surface area contributed by atoms with Gasteiger partial charge < -0.3 is 13.9 Å². The average molecular weight is 332 g/mol. The largest absolute Gasteiger partial charge is 0.507 e. The van der Waals surface area contributed by atoms with Crippen LogP contribution in [0.15, 0.2) is 80.6 Å². The van der Waals surface area contributed by atoms with Crippen molar-refractivity contribution in [3.8, 4) is 16.9 Å². The molecule has 4 aromatic rings. The summed E-state index contributed by atoms with van der Waals surface area (Å²) in [7, 11) is 0. The standard InChI is InChI=1S/C20H12O5/c21-16-11-18-14(9-15(16)20(23)17-7-4-8-24-17)13(10-19(22)25-18)12-5-2-1-3-6-12/h1-11,21H. The molecule has 1 N–H and O–H groups in total. The van der Waals surface area contributed by atoms with E-state index in [4.69, 9.17) is 8.83 Å². The Kier molecular flexibility index (Phi) is 3.47. The summed E-state index contributed by atoms with van der Waals surface area (Å²) in [6, 6.07) is 16.6. The van der Waals surface area contributed by atoms with E-state index in [-0.39, 0.29) is 22.7 Å². The van der Waals surface area contributed by atoms with Crippen molar-refractivity contribution in [2.24, 2.45) is 0 Å².